The average Bonchev–Trinajstić information content (AvgIpc) is 3.69. The molecule has 0 aliphatic carbocycles. The van der Waals surface area contributed by atoms with E-state index >= 15 is 0 Å². The molecule has 0 saturated carbocycles. The second kappa shape index (κ2) is 13.1. The number of aryl methyl sites for hydroxylation is 2. The molecule has 5 aromatic rings. The lowest BCUT2D eigenvalue weighted by atomic mass is 9.90. The van der Waals surface area contributed by atoms with Gasteiger partial charge in [0.25, 0.3) is 5.95 Å². The Hall–Kier alpha value is -5.23. The van der Waals surface area contributed by atoms with Gasteiger partial charge in [-0.15, -0.1) is 15.3 Å². The van der Waals surface area contributed by atoms with Crippen molar-refractivity contribution in [2.75, 3.05) is 16.3 Å². The number of hydrogen-bond acceptors (Lipinski definition) is 8. The Morgan fingerprint density at radius 2 is 1.51 bits per heavy atom. The van der Waals surface area contributed by atoms with Gasteiger partial charge < -0.3 is 9.80 Å². The second-order valence-electron chi connectivity index (χ2n) is 12.3. The van der Waals surface area contributed by atoms with E-state index in [4.69, 9.17) is 0 Å². The third-order valence-corrected chi connectivity index (χ3v) is 8.70. The van der Waals surface area contributed by atoms with Crippen LogP contribution in [0.3, 0.4) is 0 Å². The fourth-order valence-electron chi connectivity index (χ4n) is 6.62. The van der Waals surface area contributed by atoms with Gasteiger partial charge in [0.2, 0.25) is 5.82 Å². The lowest BCUT2D eigenvalue weighted by Gasteiger charge is -2.34. The third-order valence-electron chi connectivity index (χ3n) is 8.70. The van der Waals surface area contributed by atoms with Gasteiger partial charge in [0.05, 0.1) is 29.8 Å². The van der Waals surface area contributed by atoms with Crippen LogP contribution in [0, 0.1) is 13.8 Å². The maximum absolute atomic E-state index is 14.5. The van der Waals surface area contributed by atoms with Gasteiger partial charge in [0.15, 0.2) is 0 Å². The molecule has 3 heterocycles. The molecule has 270 valence electrons. The van der Waals surface area contributed by atoms with Crippen molar-refractivity contribution in [2.24, 2.45) is 7.05 Å². The number of fused-ring (bicyclic) bond motifs is 1. The number of nitrogens with zero attached hydrogens (tertiary/aromatic N) is 9. The highest BCUT2D eigenvalue weighted by Crippen LogP contribution is 2.47. The summed E-state index contributed by atoms with van der Waals surface area (Å²) in [6.07, 6.45) is -14.3. The van der Waals surface area contributed by atoms with Crippen LogP contribution in [0.1, 0.15) is 63.4 Å². The Balaban J connectivity index is 1.48. The highest BCUT2D eigenvalue weighted by Gasteiger charge is 2.41. The zero-order valence-electron chi connectivity index (χ0n) is 27.2. The van der Waals surface area contributed by atoms with Gasteiger partial charge in [-0.1, -0.05) is 35.4 Å². The van der Waals surface area contributed by atoms with Crippen LogP contribution in [-0.2, 0) is 38.7 Å². The Bertz CT molecular complexity index is 1970. The Labute approximate surface area is 284 Å². The average molecular weight is 725 g/mol. The number of nitrogens with one attached hydrogen (secondary N) is 1. The number of benzene rings is 3. The second-order valence-corrected chi connectivity index (χ2v) is 12.3. The predicted molar refractivity (Wildman–Crippen MR) is 165 cm³/mol. The number of tetrazole rings is 2. The largest absolute Gasteiger partial charge is 0.416 e. The Kier molecular flexibility index (Phi) is 9.18. The molecule has 0 spiro atoms. The molecule has 1 aliphatic heterocycles. The highest BCUT2D eigenvalue weighted by molar-refractivity contribution is 5.67. The standard InChI is InChI=1S/C32H29F9N10/c1-17-11-24-25(51(29-44-48-49(3)45-29)16-20-12-22(30(33,34)35)14-23(13-20)31(36,37)38)5-4-10-50(27(24)18(2)26(17)32(39,40)41)15-19-6-8-21(9-7-19)28-42-46-47-43-28/h6-9,11-14,25H,4-5,10,15-16H2,1-3H3,(H,42,43,46,47). The summed E-state index contributed by atoms with van der Waals surface area (Å²) in [6, 6.07) is 8.82. The van der Waals surface area contributed by atoms with Gasteiger partial charge in [0.1, 0.15) is 0 Å². The maximum Gasteiger partial charge on any atom is 0.416 e. The van der Waals surface area contributed by atoms with E-state index in [-0.39, 0.29) is 53.9 Å². The first-order valence-electron chi connectivity index (χ1n) is 15.5. The van der Waals surface area contributed by atoms with E-state index in [1.54, 1.807) is 29.2 Å². The molecule has 6 rings (SSSR count). The Morgan fingerprint density at radius 3 is 2.06 bits per heavy atom. The van der Waals surface area contributed by atoms with Crippen molar-refractivity contribution in [3.05, 3.63) is 93.0 Å². The molecule has 1 N–H and O–H groups in total. The van der Waals surface area contributed by atoms with E-state index in [9.17, 15) is 39.5 Å². The molecule has 51 heavy (non-hydrogen) atoms. The van der Waals surface area contributed by atoms with E-state index in [0.717, 1.165) is 10.4 Å². The fourth-order valence-corrected chi connectivity index (χ4v) is 6.62. The van der Waals surface area contributed by atoms with Crippen LogP contribution in [-0.4, -0.2) is 47.4 Å². The van der Waals surface area contributed by atoms with Crippen LogP contribution in [0.5, 0.6) is 0 Å². The van der Waals surface area contributed by atoms with E-state index in [2.05, 4.69) is 36.0 Å². The van der Waals surface area contributed by atoms with E-state index in [1.165, 1.54) is 31.9 Å². The Morgan fingerprint density at radius 1 is 0.843 bits per heavy atom. The monoisotopic (exact) mass is 724 g/mol. The molecule has 1 unspecified atom stereocenters. The van der Waals surface area contributed by atoms with Crippen molar-refractivity contribution >= 4 is 11.6 Å². The van der Waals surface area contributed by atoms with Crippen LogP contribution in [0.15, 0.2) is 48.5 Å². The lowest BCUT2D eigenvalue weighted by Crippen LogP contribution is -2.31. The minimum atomic E-state index is -5.09. The highest BCUT2D eigenvalue weighted by atomic mass is 19.4. The normalized spacial score (nSPS) is 15.5. The molecule has 0 radical (unpaired) electrons. The molecule has 0 saturated heterocycles. The van der Waals surface area contributed by atoms with Crippen LogP contribution in [0.4, 0.5) is 51.1 Å². The van der Waals surface area contributed by atoms with E-state index in [0.29, 0.717) is 35.5 Å². The smallest absolute Gasteiger partial charge is 0.367 e. The van der Waals surface area contributed by atoms with Gasteiger partial charge in [-0.2, -0.15) is 49.5 Å². The first kappa shape index (κ1) is 35.6. The summed E-state index contributed by atoms with van der Waals surface area (Å²) in [5.41, 5.74) is -2.33. The zero-order chi connectivity index (χ0) is 36.9. The van der Waals surface area contributed by atoms with E-state index in [1.807, 2.05) is 0 Å². The van der Waals surface area contributed by atoms with E-state index < -0.39 is 47.8 Å². The van der Waals surface area contributed by atoms with Crippen molar-refractivity contribution in [3.8, 4) is 11.4 Å². The number of anilines is 2. The van der Waals surface area contributed by atoms with Crippen molar-refractivity contribution in [2.45, 2.75) is 64.3 Å². The van der Waals surface area contributed by atoms with Gasteiger partial charge in [-0.3, -0.25) is 0 Å². The summed E-state index contributed by atoms with van der Waals surface area (Å²) in [7, 11) is 1.43. The van der Waals surface area contributed by atoms with Gasteiger partial charge in [-0.05, 0) is 83.1 Å². The van der Waals surface area contributed by atoms with Crippen molar-refractivity contribution < 1.29 is 39.5 Å². The summed E-state index contributed by atoms with van der Waals surface area (Å²) in [5, 5.41) is 25.9. The van der Waals surface area contributed by atoms with Crippen LogP contribution in [0.2, 0.25) is 0 Å². The minimum Gasteiger partial charge on any atom is -0.367 e. The summed E-state index contributed by atoms with van der Waals surface area (Å²) >= 11 is 0. The fraction of sp³-hybridized carbons (Fsp3) is 0.375. The van der Waals surface area contributed by atoms with Crippen LogP contribution in [0.25, 0.3) is 11.4 Å². The van der Waals surface area contributed by atoms with Crippen LogP contribution < -0.4 is 9.80 Å². The number of aromatic amines is 1. The molecule has 1 aliphatic rings. The summed E-state index contributed by atoms with van der Waals surface area (Å²) in [5.74, 6) is 0.228. The summed E-state index contributed by atoms with van der Waals surface area (Å²) in [4.78, 5) is 4.27. The summed E-state index contributed by atoms with van der Waals surface area (Å²) in [6.45, 7) is 2.59. The molecule has 0 amide bonds. The number of H-pyrrole nitrogens is 1. The number of halogens is 9. The predicted octanol–water partition coefficient (Wildman–Crippen LogP) is 7.61. The summed E-state index contributed by atoms with van der Waals surface area (Å²) < 4.78 is 126. The molecule has 0 bridgehead atoms. The third kappa shape index (κ3) is 7.46. The molecule has 3 aromatic carbocycles. The molecule has 0 fully saturated rings. The van der Waals surface area contributed by atoms with Crippen LogP contribution >= 0.6 is 0 Å². The first-order valence-corrected chi connectivity index (χ1v) is 15.5. The van der Waals surface area contributed by atoms with Gasteiger partial charge >= 0.3 is 18.5 Å². The first-order chi connectivity index (χ1) is 23.9. The van der Waals surface area contributed by atoms with Crippen molar-refractivity contribution in [1.29, 1.82) is 0 Å². The maximum atomic E-state index is 14.5. The molecule has 10 nitrogen and oxygen atoms in total. The number of aromatic nitrogens is 8. The van der Waals surface area contributed by atoms with Crippen molar-refractivity contribution in [1.82, 2.24) is 40.8 Å². The molecule has 1 atom stereocenters. The topological polar surface area (TPSA) is 105 Å². The van der Waals surface area contributed by atoms with Gasteiger partial charge in [0, 0.05) is 30.9 Å². The minimum absolute atomic E-state index is 0.0351. The lowest BCUT2D eigenvalue weighted by molar-refractivity contribution is -0.143. The molecular weight excluding hydrogens is 695 g/mol. The van der Waals surface area contributed by atoms with Crippen molar-refractivity contribution in [3.63, 3.8) is 0 Å². The zero-order valence-corrected chi connectivity index (χ0v) is 27.2. The SMILES string of the molecule is Cc1cc2c(c(C)c1C(F)(F)F)N(Cc1ccc(-c3nn[nH]n3)cc1)CCCC2N(Cc1cc(C(F)(F)F)cc(C(F)(F)F)c1)c1nnn(C)n1. The number of alkyl halides is 9. The molecular formula is C32H29F9N10. The number of hydrogen-bond donors (Lipinski definition) is 1. The van der Waals surface area contributed by atoms with Gasteiger partial charge in [-0.25, -0.2) is 0 Å². The number of rotatable bonds is 7. The molecule has 2 aromatic heterocycles. The molecule has 19 heteroatoms. The quantitative estimate of drug-likeness (QED) is 0.171.